The summed E-state index contributed by atoms with van der Waals surface area (Å²) in [5.41, 5.74) is 2.23. The van der Waals surface area contributed by atoms with Gasteiger partial charge in [0.2, 0.25) is 0 Å². The molecule has 1 spiro atoms. The first-order valence-electron chi connectivity index (χ1n) is 12.8. The van der Waals surface area contributed by atoms with Crippen molar-refractivity contribution in [3.63, 3.8) is 0 Å². The minimum Gasteiger partial charge on any atom is -0.402 e. The van der Waals surface area contributed by atoms with Crippen molar-refractivity contribution in [3.8, 4) is 11.4 Å². The van der Waals surface area contributed by atoms with E-state index in [-0.39, 0.29) is 22.9 Å². The van der Waals surface area contributed by atoms with Gasteiger partial charge in [-0.3, -0.25) is 9.47 Å². The molecule has 3 aliphatic heterocycles. The number of ether oxygens (including phenoxy) is 2. The number of benzene rings is 1. The lowest BCUT2D eigenvalue weighted by Gasteiger charge is -2.59. The Bertz CT molecular complexity index is 1360. The monoisotopic (exact) mass is 546 g/mol. The van der Waals surface area contributed by atoms with Gasteiger partial charge in [0.15, 0.2) is 17.4 Å². The number of hydrogen-bond donors (Lipinski definition) is 0. The van der Waals surface area contributed by atoms with Gasteiger partial charge in [0.25, 0.3) is 0 Å². The standard InChI is InChI=1S/C26H26ClF3N6O2/c27-18-3-4-20-16(8-18)11-34(19-5-7-37-13-19)12-22-32-33-23(36(20)22)17-9-25(10-17)14-35(15-25)24-21(2-1-6-31-24)38-26(28,29)30/h1-4,6,8,17,19H,5,7,9-15H2/t19-/m0/s1. The fourth-order valence-electron chi connectivity index (χ4n) is 6.55. The summed E-state index contributed by atoms with van der Waals surface area (Å²) < 4.78 is 50.6. The van der Waals surface area contributed by atoms with Gasteiger partial charge in [-0.15, -0.1) is 23.4 Å². The Morgan fingerprint density at radius 2 is 1.95 bits per heavy atom. The van der Waals surface area contributed by atoms with Gasteiger partial charge in [0.05, 0.1) is 18.8 Å². The molecule has 1 saturated carbocycles. The zero-order valence-electron chi connectivity index (χ0n) is 20.5. The van der Waals surface area contributed by atoms with Crippen molar-refractivity contribution in [1.29, 1.82) is 0 Å². The van der Waals surface area contributed by atoms with E-state index in [0.29, 0.717) is 37.3 Å². The van der Waals surface area contributed by atoms with Gasteiger partial charge in [-0.05, 0) is 55.2 Å². The zero-order valence-corrected chi connectivity index (χ0v) is 21.3. The highest BCUT2D eigenvalue weighted by atomic mass is 35.5. The maximum Gasteiger partial charge on any atom is 0.573 e. The topological polar surface area (TPSA) is 68.5 Å². The van der Waals surface area contributed by atoms with Crippen LogP contribution in [0.25, 0.3) is 5.69 Å². The Kier molecular flexibility index (Phi) is 5.61. The average molecular weight is 547 g/mol. The number of nitrogens with zero attached hydrogens (tertiary/aromatic N) is 6. The van der Waals surface area contributed by atoms with Crippen LogP contribution in [0.2, 0.25) is 5.02 Å². The van der Waals surface area contributed by atoms with E-state index in [1.165, 1.54) is 18.3 Å². The van der Waals surface area contributed by atoms with Crippen LogP contribution in [0.15, 0.2) is 36.5 Å². The molecule has 0 radical (unpaired) electrons. The summed E-state index contributed by atoms with van der Waals surface area (Å²) in [6.07, 6.45) is -0.484. The molecule has 0 unspecified atom stereocenters. The lowest BCUT2D eigenvalue weighted by Crippen LogP contribution is -2.62. The second-order valence-electron chi connectivity index (χ2n) is 10.8. The number of pyridine rings is 1. The molecule has 8 nitrogen and oxygen atoms in total. The normalized spacial score (nSPS) is 22.9. The molecule has 0 bridgehead atoms. The summed E-state index contributed by atoms with van der Waals surface area (Å²) in [5.74, 6) is 2.04. The van der Waals surface area contributed by atoms with Crippen LogP contribution in [0.5, 0.6) is 5.75 Å². The van der Waals surface area contributed by atoms with Crippen LogP contribution in [0.4, 0.5) is 19.0 Å². The van der Waals surface area contributed by atoms with E-state index in [1.807, 2.05) is 23.1 Å². The Balaban J connectivity index is 1.11. The molecule has 1 atom stereocenters. The summed E-state index contributed by atoms with van der Waals surface area (Å²) >= 11 is 6.39. The van der Waals surface area contributed by atoms with Crippen molar-refractivity contribution in [2.45, 2.75) is 50.7 Å². The lowest BCUT2D eigenvalue weighted by molar-refractivity contribution is -0.274. The van der Waals surface area contributed by atoms with E-state index in [0.717, 1.165) is 55.3 Å². The van der Waals surface area contributed by atoms with Gasteiger partial charge in [-0.2, -0.15) is 0 Å². The second kappa shape index (κ2) is 8.82. The van der Waals surface area contributed by atoms with Crippen molar-refractivity contribution in [2.24, 2.45) is 5.41 Å². The molecular weight excluding hydrogens is 521 g/mol. The maximum atomic E-state index is 12.9. The zero-order chi connectivity index (χ0) is 26.1. The van der Waals surface area contributed by atoms with Crippen LogP contribution in [0.1, 0.15) is 42.4 Å². The summed E-state index contributed by atoms with van der Waals surface area (Å²) in [4.78, 5) is 8.43. The number of anilines is 1. The third kappa shape index (κ3) is 4.20. The Labute approximate surface area is 222 Å². The molecule has 0 amide bonds. The number of halogens is 4. The second-order valence-corrected chi connectivity index (χ2v) is 11.3. The van der Waals surface area contributed by atoms with E-state index in [4.69, 9.17) is 16.3 Å². The average Bonchev–Trinajstić information content (AvgIpc) is 3.45. The number of alkyl halides is 3. The molecule has 3 aromatic rings. The number of hydrogen-bond acceptors (Lipinski definition) is 7. The third-order valence-corrected chi connectivity index (χ3v) is 8.47. The van der Waals surface area contributed by atoms with Crippen LogP contribution in [-0.2, 0) is 17.8 Å². The van der Waals surface area contributed by atoms with Crippen molar-refractivity contribution < 1.29 is 22.6 Å². The molecule has 2 aromatic heterocycles. The molecule has 5 heterocycles. The Morgan fingerprint density at radius 3 is 2.71 bits per heavy atom. The molecule has 7 rings (SSSR count). The first-order chi connectivity index (χ1) is 18.3. The highest BCUT2D eigenvalue weighted by molar-refractivity contribution is 6.30. The molecule has 4 aliphatic rings. The molecule has 3 fully saturated rings. The van der Waals surface area contributed by atoms with Crippen LogP contribution in [0.3, 0.4) is 0 Å². The summed E-state index contributed by atoms with van der Waals surface area (Å²) in [5, 5.41) is 9.97. The number of fused-ring (bicyclic) bond motifs is 3. The smallest absolute Gasteiger partial charge is 0.402 e. The third-order valence-electron chi connectivity index (χ3n) is 8.23. The predicted molar refractivity (Wildman–Crippen MR) is 132 cm³/mol. The van der Waals surface area contributed by atoms with Crippen molar-refractivity contribution in [2.75, 3.05) is 31.2 Å². The van der Waals surface area contributed by atoms with E-state index in [2.05, 4.69) is 29.4 Å². The van der Waals surface area contributed by atoms with Crippen LogP contribution in [-0.4, -0.2) is 63.4 Å². The maximum absolute atomic E-state index is 12.9. The Hall–Kier alpha value is -2.89. The largest absolute Gasteiger partial charge is 0.573 e. The van der Waals surface area contributed by atoms with E-state index >= 15 is 0 Å². The molecule has 200 valence electrons. The fraction of sp³-hybridized carbons (Fsp3) is 0.500. The summed E-state index contributed by atoms with van der Waals surface area (Å²) in [7, 11) is 0. The van der Waals surface area contributed by atoms with E-state index < -0.39 is 6.36 Å². The van der Waals surface area contributed by atoms with Gasteiger partial charge in [-0.25, -0.2) is 4.98 Å². The van der Waals surface area contributed by atoms with Crippen LogP contribution >= 0.6 is 11.6 Å². The minimum absolute atomic E-state index is 0.0326. The molecule has 1 aromatic carbocycles. The van der Waals surface area contributed by atoms with Gasteiger partial charge in [0, 0.05) is 54.8 Å². The first-order valence-corrected chi connectivity index (χ1v) is 13.2. The molecule has 2 saturated heterocycles. The quantitative estimate of drug-likeness (QED) is 0.470. The lowest BCUT2D eigenvalue weighted by atomic mass is 9.57. The van der Waals surface area contributed by atoms with Gasteiger partial charge < -0.3 is 14.4 Å². The predicted octanol–water partition coefficient (Wildman–Crippen LogP) is 4.70. The summed E-state index contributed by atoms with van der Waals surface area (Å²) in [6.45, 7) is 4.20. The van der Waals surface area contributed by atoms with Gasteiger partial charge in [0.1, 0.15) is 5.82 Å². The van der Waals surface area contributed by atoms with Crippen molar-refractivity contribution >= 4 is 17.4 Å². The number of rotatable bonds is 4. The van der Waals surface area contributed by atoms with Crippen molar-refractivity contribution in [3.05, 3.63) is 58.8 Å². The minimum atomic E-state index is -4.76. The SMILES string of the molecule is FC(F)(F)Oc1cccnc1N1CC2(CC(c3nnc4n3-c3ccc(Cl)cc3CN([C@H]3CCOC3)C4)C2)C1. The number of aromatic nitrogens is 4. The molecular formula is C26H26ClF3N6O2. The molecule has 38 heavy (non-hydrogen) atoms. The summed E-state index contributed by atoms with van der Waals surface area (Å²) in [6, 6.07) is 9.06. The van der Waals surface area contributed by atoms with E-state index in [1.54, 1.807) is 0 Å². The highest BCUT2D eigenvalue weighted by Gasteiger charge is 2.55. The van der Waals surface area contributed by atoms with Crippen LogP contribution in [0, 0.1) is 5.41 Å². The van der Waals surface area contributed by atoms with Crippen molar-refractivity contribution in [1.82, 2.24) is 24.6 Å². The highest BCUT2D eigenvalue weighted by Crippen LogP contribution is 2.57. The van der Waals surface area contributed by atoms with Crippen LogP contribution < -0.4 is 9.64 Å². The Morgan fingerprint density at radius 1 is 1.11 bits per heavy atom. The fourth-order valence-corrected chi connectivity index (χ4v) is 6.74. The molecule has 0 N–H and O–H groups in total. The molecule has 1 aliphatic carbocycles. The van der Waals surface area contributed by atoms with E-state index in [9.17, 15) is 13.2 Å². The first kappa shape index (κ1) is 24.2. The molecule has 12 heteroatoms. The van der Waals surface area contributed by atoms with Gasteiger partial charge >= 0.3 is 6.36 Å². The van der Waals surface area contributed by atoms with Gasteiger partial charge in [-0.1, -0.05) is 11.6 Å².